The van der Waals surface area contributed by atoms with Crippen molar-refractivity contribution in [1.82, 2.24) is 0 Å². The minimum atomic E-state index is -3.12. The number of rotatable bonds is 6. The Labute approximate surface area is 222 Å². The van der Waals surface area contributed by atoms with Crippen molar-refractivity contribution < 1.29 is 14.0 Å². The second kappa shape index (κ2) is 10.9. The SMILES string of the molecule is CC(C)C1=[C]([Ti]([CH3])([CH3])(=[SiH2])[C]2=C(C(C)C)C=C(c3ccccc3)C2)CC(c2ccccc2)=C1.Cl.Cl. The predicted octanol–water partition coefficient (Wildman–Crippen LogP) is 8.96. The summed E-state index contributed by atoms with van der Waals surface area (Å²) in [7, 11) is 2.40. The Balaban J connectivity index is 0.00000204. The van der Waals surface area contributed by atoms with Crippen molar-refractivity contribution >= 4 is 43.6 Å². The van der Waals surface area contributed by atoms with Crippen LogP contribution in [0.4, 0.5) is 0 Å². The first kappa shape index (κ1) is 29.1. The van der Waals surface area contributed by atoms with E-state index in [9.17, 15) is 0 Å². The van der Waals surface area contributed by atoms with Crippen LogP contribution in [0, 0.1) is 11.8 Å². The van der Waals surface area contributed by atoms with Gasteiger partial charge in [0.1, 0.15) is 0 Å². The third kappa shape index (κ3) is 5.50. The Hall–Kier alpha value is -1.09. The molecular weight excluding hydrogens is 507 g/mol. The molecule has 0 heterocycles. The molecule has 2 aromatic carbocycles. The maximum Gasteiger partial charge on any atom is -0.147 e. The molecule has 4 heteroatoms. The third-order valence-corrected chi connectivity index (χ3v) is 18.6. The molecule has 0 saturated carbocycles. The number of benzene rings is 2. The molecule has 0 aromatic heterocycles. The van der Waals surface area contributed by atoms with Crippen LogP contribution in [-0.2, 0) is 14.0 Å². The average molecular weight is 548 g/mol. The van der Waals surface area contributed by atoms with Crippen molar-refractivity contribution in [2.24, 2.45) is 11.8 Å². The van der Waals surface area contributed by atoms with Crippen LogP contribution in [-0.4, -0.2) is 7.63 Å². The van der Waals surface area contributed by atoms with E-state index in [1.165, 1.54) is 22.3 Å². The maximum absolute atomic E-state index is 3.12. The summed E-state index contributed by atoms with van der Waals surface area (Å²) < 4.78 is 3.59. The van der Waals surface area contributed by atoms with Gasteiger partial charge in [-0.15, -0.1) is 24.8 Å². The first-order valence-corrected chi connectivity index (χ1v) is 20.8. The van der Waals surface area contributed by atoms with Gasteiger partial charge in [0.2, 0.25) is 0 Å². The van der Waals surface area contributed by atoms with Crippen molar-refractivity contribution in [2.45, 2.75) is 51.0 Å². The van der Waals surface area contributed by atoms with Crippen LogP contribution < -0.4 is 0 Å². The zero-order chi connectivity index (χ0) is 23.1. The largest absolute Gasteiger partial charge is 0.147 e. The van der Waals surface area contributed by atoms with Gasteiger partial charge < -0.3 is 0 Å². The number of halogens is 2. The van der Waals surface area contributed by atoms with Gasteiger partial charge >= 0.3 is 198 Å². The van der Waals surface area contributed by atoms with Gasteiger partial charge in [-0.1, -0.05) is 0 Å². The van der Waals surface area contributed by atoms with Crippen molar-refractivity contribution in [3.63, 3.8) is 0 Å². The summed E-state index contributed by atoms with van der Waals surface area (Å²) in [5, 5.41) is 5.38. The summed E-state index contributed by atoms with van der Waals surface area (Å²) in [6.45, 7) is 9.52. The Morgan fingerprint density at radius 3 is 1.24 bits per heavy atom. The predicted molar refractivity (Wildman–Crippen MR) is 157 cm³/mol. The molecule has 34 heavy (non-hydrogen) atoms. The molecular formula is C30H40Cl2SiTi. The molecule has 0 amide bonds. The van der Waals surface area contributed by atoms with E-state index in [1.54, 1.807) is 18.9 Å². The molecule has 2 aliphatic carbocycles. The summed E-state index contributed by atoms with van der Waals surface area (Å²) in [6.07, 6.45) is 7.33. The van der Waals surface area contributed by atoms with Crippen LogP contribution in [0.1, 0.15) is 51.7 Å². The van der Waals surface area contributed by atoms with Crippen LogP contribution >= 0.6 is 24.8 Å². The Morgan fingerprint density at radius 1 is 0.618 bits per heavy atom. The van der Waals surface area contributed by atoms with E-state index in [1.807, 2.05) is 0 Å². The first-order chi connectivity index (χ1) is 15.1. The summed E-state index contributed by atoms with van der Waals surface area (Å²) in [4.78, 5) is 0. The van der Waals surface area contributed by atoms with Crippen LogP contribution in [0.25, 0.3) is 11.1 Å². The van der Waals surface area contributed by atoms with Crippen LogP contribution in [0.3, 0.4) is 0 Å². The van der Waals surface area contributed by atoms with E-state index in [-0.39, 0.29) is 24.8 Å². The van der Waals surface area contributed by atoms with Gasteiger partial charge in [-0.25, -0.2) is 0 Å². The van der Waals surface area contributed by atoms with Gasteiger partial charge in [0.25, 0.3) is 0 Å². The molecule has 2 aliphatic rings. The maximum atomic E-state index is 2.69. The van der Waals surface area contributed by atoms with Crippen LogP contribution in [0.15, 0.2) is 91.7 Å². The Bertz CT molecular complexity index is 1130. The van der Waals surface area contributed by atoms with Crippen LogP contribution in [0.2, 0.25) is 10.5 Å². The third-order valence-electron chi connectivity index (χ3n) is 7.56. The average Bonchev–Trinajstić information content (AvgIpc) is 3.42. The quantitative estimate of drug-likeness (QED) is 0.317. The second-order valence-corrected chi connectivity index (χ2v) is 30.3. The van der Waals surface area contributed by atoms with E-state index in [2.05, 4.69) is 119 Å². The molecule has 0 unspecified atom stereocenters. The molecule has 0 radical (unpaired) electrons. The van der Waals surface area contributed by atoms with Gasteiger partial charge in [0.15, 0.2) is 0 Å². The van der Waals surface area contributed by atoms with Crippen molar-refractivity contribution in [2.75, 3.05) is 0 Å². The van der Waals surface area contributed by atoms with E-state index >= 15 is 0 Å². The molecule has 2 aromatic rings. The zero-order valence-electron chi connectivity index (χ0n) is 21.5. The fourth-order valence-electron chi connectivity index (χ4n) is 5.62. The van der Waals surface area contributed by atoms with Gasteiger partial charge in [0.05, 0.1) is 0 Å². The Morgan fingerprint density at radius 2 is 0.941 bits per heavy atom. The first-order valence-electron chi connectivity index (χ1n) is 12.1. The smallest absolute Gasteiger partial charge is 0.147 e. The van der Waals surface area contributed by atoms with E-state index in [0.29, 0.717) is 11.8 Å². The molecule has 0 bridgehead atoms. The number of allylic oxidation sites excluding steroid dienone is 8. The van der Waals surface area contributed by atoms with Crippen molar-refractivity contribution in [3.8, 4) is 0 Å². The Kier molecular flexibility index (Phi) is 9.34. The topological polar surface area (TPSA) is 0 Å². The van der Waals surface area contributed by atoms with Gasteiger partial charge in [-0.05, 0) is 0 Å². The molecule has 0 atom stereocenters. The van der Waals surface area contributed by atoms with Gasteiger partial charge in [-0.3, -0.25) is 0 Å². The molecule has 0 aliphatic heterocycles. The summed E-state index contributed by atoms with van der Waals surface area (Å²) in [5.74, 6) is 1.12. The number of hydrogen-bond acceptors (Lipinski definition) is 0. The molecule has 0 saturated heterocycles. The van der Waals surface area contributed by atoms with Gasteiger partial charge in [-0.2, -0.15) is 0 Å². The van der Waals surface area contributed by atoms with Gasteiger partial charge in [0, 0.05) is 0 Å². The fraction of sp³-hybridized carbons (Fsp3) is 0.333. The number of hydrogen-bond donors (Lipinski definition) is 0. The second-order valence-electron chi connectivity index (χ2n) is 11.3. The normalized spacial score (nSPS) is 16.5. The fourth-order valence-corrected chi connectivity index (χ4v) is 15.3. The molecule has 0 nitrogen and oxygen atoms in total. The van der Waals surface area contributed by atoms with E-state index < -0.39 is 14.0 Å². The standard InChI is InChI=1S/2C14H15.2CH3.2ClH.H2Si.Ti/c2*1-11(2)13-8-9-14(10-13)12-6-4-3-5-7-12;;;;;;/h2*3-7,10-11H,9H2,1-2H3;2*1H3;2*1H;1H2;. The van der Waals surface area contributed by atoms with Crippen molar-refractivity contribution in [1.29, 1.82) is 0 Å². The summed E-state index contributed by atoms with van der Waals surface area (Å²) in [5.41, 5.74) is 9.03. The minimum Gasteiger partial charge on any atom is -0.147 e. The summed E-state index contributed by atoms with van der Waals surface area (Å²) >= 11 is -3.12. The minimum absolute atomic E-state index is 0. The van der Waals surface area contributed by atoms with Crippen LogP contribution in [0.5, 0.6) is 0 Å². The summed E-state index contributed by atoms with van der Waals surface area (Å²) in [6, 6.07) is 22.0. The molecule has 0 N–H and O–H groups in total. The molecule has 182 valence electrons. The molecule has 4 rings (SSSR count). The zero-order valence-corrected chi connectivity index (χ0v) is 26.1. The molecule has 0 fully saturated rings. The monoisotopic (exact) mass is 546 g/mol. The van der Waals surface area contributed by atoms with E-state index in [0.717, 1.165) is 12.8 Å². The van der Waals surface area contributed by atoms with E-state index in [4.69, 9.17) is 0 Å². The molecule has 0 spiro atoms. The van der Waals surface area contributed by atoms with Crippen molar-refractivity contribution in [3.05, 3.63) is 103 Å².